The first-order chi connectivity index (χ1) is 7.15. The Hall–Kier alpha value is -1.09. The highest BCUT2D eigenvalue weighted by molar-refractivity contribution is 5.41. The molecular weight excluding hydrogens is 186 g/mol. The fourth-order valence-corrected chi connectivity index (χ4v) is 2.21. The van der Waals surface area contributed by atoms with Crippen molar-refractivity contribution in [2.75, 3.05) is 18.0 Å². The average Bonchev–Trinajstić information content (AvgIpc) is 2.16. The topological polar surface area (TPSA) is 28.2 Å². The van der Waals surface area contributed by atoms with Crippen LogP contribution < -0.4 is 10.2 Å². The lowest BCUT2D eigenvalue weighted by molar-refractivity contribution is 0.405. The molecule has 1 aromatic heterocycles. The maximum atomic E-state index is 4.43. The van der Waals surface area contributed by atoms with Crippen molar-refractivity contribution in [1.29, 1.82) is 0 Å². The van der Waals surface area contributed by atoms with Gasteiger partial charge in [0, 0.05) is 31.4 Å². The van der Waals surface area contributed by atoms with Crippen LogP contribution in [0, 0.1) is 6.92 Å². The van der Waals surface area contributed by atoms with Crippen molar-refractivity contribution in [2.24, 2.45) is 0 Å². The highest BCUT2D eigenvalue weighted by Gasteiger charge is 2.21. The van der Waals surface area contributed by atoms with Crippen molar-refractivity contribution in [3.8, 4) is 0 Å². The van der Waals surface area contributed by atoms with E-state index in [0.717, 1.165) is 18.9 Å². The average molecular weight is 205 g/mol. The van der Waals surface area contributed by atoms with Gasteiger partial charge >= 0.3 is 0 Å². The molecule has 2 atom stereocenters. The van der Waals surface area contributed by atoms with E-state index in [-0.39, 0.29) is 0 Å². The molecule has 0 spiro atoms. The Labute approximate surface area is 91.5 Å². The molecule has 82 valence electrons. The minimum absolute atomic E-state index is 0.538. The molecule has 0 saturated carbocycles. The quantitative estimate of drug-likeness (QED) is 0.754. The second kappa shape index (κ2) is 4.19. The highest BCUT2D eigenvalue weighted by atomic mass is 15.2. The molecule has 0 radical (unpaired) electrons. The molecule has 2 heterocycles. The lowest BCUT2D eigenvalue weighted by Gasteiger charge is -2.37. The second-order valence-corrected chi connectivity index (χ2v) is 4.57. The van der Waals surface area contributed by atoms with Crippen LogP contribution in [0.5, 0.6) is 0 Å². The Morgan fingerprint density at radius 3 is 2.60 bits per heavy atom. The number of piperazine rings is 1. The van der Waals surface area contributed by atoms with Gasteiger partial charge in [0.2, 0.25) is 0 Å². The molecule has 0 aliphatic carbocycles. The molecule has 0 bridgehead atoms. The summed E-state index contributed by atoms with van der Waals surface area (Å²) in [4.78, 5) is 6.79. The normalized spacial score (nSPS) is 26.7. The van der Waals surface area contributed by atoms with Crippen LogP contribution in [0.4, 0.5) is 5.82 Å². The standard InChI is InChI=1S/C12H19N3/c1-9-4-5-13-12(6-9)15-7-10(2)14-11(3)8-15/h4-6,10-11,14H,7-8H2,1-3H3. The van der Waals surface area contributed by atoms with E-state index in [1.54, 1.807) is 0 Å². The fourth-order valence-electron chi connectivity index (χ4n) is 2.21. The first-order valence-corrected chi connectivity index (χ1v) is 5.59. The Bertz CT molecular complexity index is 327. The van der Waals surface area contributed by atoms with Crippen LogP contribution in [-0.2, 0) is 0 Å². The molecular formula is C12H19N3. The minimum Gasteiger partial charge on any atom is -0.354 e. The van der Waals surface area contributed by atoms with Crippen molar-refractivity contribution in [3.63, 3.8) is 0 Å². The molecule has 1 saturated heterocycles. The van der Waals surface area contributed by atoms with E-state index in [2.05, 4.69) is 42.0 Å². The zero-order chi connectivity index (χ0) is 10.8. The van der Waals surface area contributed by atoms with Crippen molar-refractivity contribution < 1.29 is 0 Å². The molecule has 1 aliphatic heterocycles. The fraction of sp³-hybridized carbons (Fsp3) is 0.583. The number of aryl methyl sites for hydroxylation is 1. The van der Waals surface area contributed by atoms with Crippen molar-refractivity contribution >= 4 is 5.82 Å². The summed E-state index contributed by atoms with van der Waals surface area (Å²) in [5, 5.41) is 3.52. The third-order valence-electron chi connectivity index (χ3n) is 2.78. The van der Waals surface area contributed by atoms with Gasteiger partial charge in [-0.2, -0.15) is 0 Å². The van der Waals surface area contributed by atoms with Gasteiger partial charge < -0.3 is 10.2 Å². The summed E-state index contributed by atoms with van der Waals surface area (Å²) in [5.41, 5.74) is 1.28. The summed E-state index contributed by atoms with van der Waals surface area (Å²) < 4.78 is 0. The lowest BCUT2D eigenvalue weighted by Crippen LogP contribution is -2.54. The molecule has 1 N–H and O–H groups in total. The zero-order valence-corrected chi connectivity index (χ0v) is 9.70. The Balaban J connectivity index is 2.16. The second-order valence-electron chi connectivity index (χ2n) is 4.57. The van der Waals surface area contributed by atoms with Gasteiger partial charge in [0.05, 0.1) is 0 Å². The Morgan fingerprint density at radius 2 is 2.00 bits per heavy atom. The summed E-state index contributed by atoms with van der Waals surface area (Å²) in [6.07, 6.45) is 1.89. The van der Waals surface area contributed by atoms with Crippen LogP contribution in [0.25, 0.3) is 0 Å². The van der Waals surface area contributed by atoms with Crippen molar-refractivity contribution in [3.05, 3.63) is 23.9 Å². The van der Waals surface area contributed by atoms with Crippen LogP contribution >= 0.6 is 0 Å². The number of hydrogen-bond donors (Lipinski definition) is 1. The number of aromatic nitrogens is 1. The van der Waals surface area contributed by atoms with Gasteiger partial charge in [0.25, 0.3) is 0 Å². The molecule has 3 nitrogen and oxygen atoms in total. The number of anilines is 1. The SMILES string of the molecule is Cc1ccnc(N2CC(C)NC(C)C2)c1. The van der Waals surface area contributed by atoms with E-state index < -0.39 is 0 Å². The smallest absolute Gasteiger partial charge is 0.128 e. The number of hydrogen-bond acceptors (Lipinski definition) is 3. The largest absolute Gasteiger partial charge is 0.354 e. The summed E-state index contributed by atoms with van der Waals surface area (Å²) in [7, 11) is 0. The molecule has 1 aromatic rings. The van der Waals surface area contributed by atoms with Gasteiger partial charge in [0.15, 0.2) is 0 Å². The van der Waals surface area contributed by atoms with Gasteiger partial charge in [-0.05, 0) is 38.5 Å². The Morgan fingerprint density at radius 1 is 1.33 bits per heavy atom. The lowest BCUT2D eigenvalue weighted by atomic mass is 10.1. The third kappa shape index (κ3) is 2.48. The maximum Gasteiger partial charge on any atom is 0.128 e. The molecule has 0 amide bonds. The number of nitrogens with zero attached hydrogens (tertiary/aromatic N) is 2. The van der Waals surface area contributed by atoms with Crippen LogP contribution in [-0.4, -0.2) is 30.2 Å². The van der Waals surface area contributed by atoms with Gasteiger partial charge in [-0.25, -0.2) is 4.98 Å². The van der Waals surface area contributed by atoms with E-state index >= 15 is 0 Å². The van der Waals surface area contributed by atoms with Gasteiger partial charge in [-0.15, -0.1) is 0 Å². The van der Waals surface area contributed by atoms with Crippen LogP contribution in [0.2, 0.25) is 0 Å². The van der Waals surface area contributed by atoms with Crippen LogP contribution in [0.1, 0.15) is 19.4 Å². The predicted octanol–water partition coefficient (Wildman–Crippen LogP) is 1.58. The van der Waals surface area contributed by atoms with E-state index in [1.807, 2.05) is 12.3 Å². The van der Waals surface area contributed by atoms with Gasteiger partial charge in [-0.1, -0.05) is 0 Å². The minimum atomic E-state index is 0.538. The zero-order valence-electron chi connectivity index (χ0n) is 9.70. The van der Waals surface area contributed by atoms with E-state index in [9.17, 15) is 0 Å². The summed E-state index contributed by atoms with van der Waals surface area (Å²) in [6.45, 7) is 8.64. The molecule has 1 aliphatic rings. The van der Waals surface area contributed by atoms with Gasteiger partial charge in [-0.3, -0.25) is 0 Å². The monoisotopic (exact) mass is 205 g/mol. The third-order valence-corrected chi connectivity index (χ3v) is 2.78. The van der Waals surface area contributed by atoms with Crippen LogP contribution in [0.3, 0.4) is 0 Å². The first-order valence-electron chi connectivity index (χ1n) is 5.59. The first kappa shape index (κ1) is 10.4. The molecule has 1 fully saturated rings. The molecule has 15 heavy (non-hydrogen) atoms. The number of rotatable bonds is 1. The molecule has 2 unspecified atom stereocenters. The van der Waals surface area contributed by atoms with E-state index in [1.165, 1.54) is 5.56 Å². The van der Waals surface area contributed by atoms with E-state index in [4.69, 9.17) is 0 Å². The van der Waals surface area contributed by atoms with Crippen molar-refractivity contribution in [2.45, 2.75) is 32.9 Å². The summed E-state index contributed by atoms with van der Waals surface area (Å²) in [5.74, 6) is 1.11. The van der Waals surface area contributed by atoms with Crippen molar-refractivity contribution in [1.82, 2.24) is 10.3 Å². The van der Waals surface area contributed by atoms with Gasteiger partial charge in [0.1, 0.15) is 5.82 Å². The highest BCUT2D eigenvalue weighted by Crippen LogP contribution is 2.15. The maximum absolute atomic E-state index is 4.43. The predicted molar refractivity (Wildman–Crippen MR) is 63.2 cm³/mol. The Kier molecular flexibility index (Phi) is 2.91. The summed E-state index contributed by atoms with van der Waals surface area (Å²) in [6, 6.07) is 5.27. The molecule has 0 aromatic carbocycles. The van der Waals surface area contributed by atoms with Crippen LogP contribution in [0.15, 0.2) is 18.3 Å². The summed E-state index contributed by atoms with van der Waals surface area (Å²) >= 11 is 0. The molecule has 3 heteroatoms. The van der Waals surface area contributed by atoms with E-state index in [0.29, 0.717) is 12.1 Å². The molecule has 2 rings (SSSR count). The number of pyridine rings is 1. The number of nitrogens with one attached hydrogen (secondary N) is 1.